The van der Waals surface area contributed by atoms with Gasteiger partial charge in [-0.3, -0.25) is 10.0 Å². The van der Waals surface area contributed by atoms with Gasteiger partial charge in [-0.25, -0.2) is 10.3 Å². The van der Waals surface area contributed by atoms with Crippen molar-refractivity contribution in [1.82, 2.24) is 15.3 Å². The zero-order valence-corrected chi connectivity index (χ0v) is 18.5. The number of morpholine rings is 1. The van der Waals surface area contributed by atoms with Crippen molar-refractivity contribution in [1.29, 1.82) is 0 Å². The van der Waals surface area contributed by atoms with Crippen molar-refractivity contribution in [2.75, 3.05) is 32.9 Å². The lowest BCUT2D eigenvalue weighted by Gasteiger charge is -2.36. The van der Waals surface area contributed by atoms with Crippen LogP contribution in [0.1, 0.15) is 27.5 Å². The maximum Gasteiger partial charge on any atom is 0.321 e. The van der Waals surface area contributed by atoms with Gasteiger partial charge in [0.1, 0.15) is 12.4 Å². The molecule has 0 aliphatic carbocycles. The van der Waals surface area contributed by atoms with Gasteiger partial charge in [-0.05, 0) is 29.8 Å². The molecule has 0 spiro atoms. The number of ether oxygens (including phenoxy) is 2. The minimum absolute atomic E-state index is 0. The molecule has 10 heteroatoms. The van der Waals surface area contributed by atoms with Crippen LogP contribution < -0.4 is 10.2 Å². The van der Waals surface area contributed by atoms with E-state index in [1.54, 1.807) is 45.6 Å². The van der Waals surface area contributed by atoms with E-state index in [0.717, 1.165) is 11.1 Å². The van der Waals surface area contributed by atoms with Crippen molar-refractivity contribution in [2.24, 2.45) is 0 Å². The summed E-state index contributed by atoms with van der Waals surface area (Å²) in [7, 11) is 0. The molecule has 0 radical (unpaired) electrons. The van der Waals surface area contributed by atoms with Crippen LogP contribution in [0, 0.1) is 0 Å². The highest BCUT2D eigenvalue weighted by atomic mass is 35.5. The molecule has 2 heterocycles. The fraction of sp³-hybridized carbons (Fsp3) is 0.333. The van der Waals surface area contributed by atoms with Gasteiger partial charge >= 0.3 is 6.03 Å². The van der Waals surface area contributed by atoms with E-state index < -0.39 is 5.91 Å². The minimum atomic E-state index is -0.624. The third-order valence-electron chi connectivity index (χ3n) is 5.33. The maximum absolute atomic E-state index is 13.4. The lowest BCUT2D eigenvalue weighted by Crippen LogP contribution is -2.49. The molecule has 2 aromatic rings. The summed E-state index contributed by atoms with van der Waals surface area (Å²) in [5.41, 5.74) is 3.58. The van der Waals surface area contributed by atoms with Crippen molar-refractivity contribution in [3.8, 4) is 5.75 Å². The smallest absolute Gasteiger partial charge is 0.321 e. The highest BCUT2D eigenvalue weighted by Crippen LogP contribution is 2.33. The summed E-state index contributed by atoms with van der Waals surface area (Å²) >= 11 is 6.05. The van der Waals surface area contributed by atoms with Gasteiger partial charge in [0.2, 0.25) is 0 Å². The molecule has 0 bridgehead atoms. The first-order valence-corrected chi connectivity index (χ1v) is 10.0. The van der Waals surface area contributed by atoms with Gasteiger partial charge in [-0.2, -0.15) is 13.5 Å². The molecular formula is C21H24ClN3O5S. The van der Waals surface area contributed by atoms with Crippen molar-refractivity contribution >= 4 is 37.0 Å². The summed E-state index contributed by atoms with van der Waals surface area (Å²) in [6.45, 7) is 2.63. The fourth-order valence-corrected chi connectivity index (χ4v) is 3.80. The molecule has 2 aliphatic rings. The molecule has 0 aromatic heterocycles. The molecule has 4 rings (SSSR count). The zero-order chi connectivity index (χ0) is 21.1. The Hall–Kier alpha value is -2.46. The molecule has 8 nitrogen and oxygen atoms in total. The second kappa shape index (κ2) is 10.2. The number of hydroxylamine groups is 1. The molecule has 3 amide bonds. The monoisotopic (exact) mass is 465 g/mol. The third-order valence-corrected chi connectivity index (χ3v) is 5.58. The number of urea groups is 1. The number of amides is 3. The van der Waals surface area contributed by atoms with Gasteiger partial charge in [0.05, 0.1) is 25.8 Å². The lowest BCUT2D eigenvalue weighted by molar-refractivity contribution is 0.0362. The average molecular weight is 466 g/mol. The number of nitrogens with zero attached hydrogens (tertiary/aromatic N) is 2. The van der Waals surface area contributed by atoms with Gasteiger partial charge in [0, 0.05) is 29.2 Å². The number of halogens is 1. The number of hydrogen-bond donors (Lipinski definition) is 2. The molecule has 1 atom stereocenters. The van der Waals surface area contributed by atoms with Gasteiger partial charge in [-0.1, -0.05) is 29.8 Å². The maximum atomic E-state index is 13.4. The Morgan fingerprint density at radius 3 is 2.48 bits per heavy atom. The third kappa shape index (κ3) is 5.07. The van der Waals surface area contributed by atoms with Crippen LogP contribution >= 0.6 is 25.1 Å². The lowest BCUT2D eigenvalue weighted by atomic mass is 10.1. The van der Waals surface area contributed by atoms with E-state index >= 15 is 0 Å². The number of carbonyl (C=O) groups is 2. The summed E-state index contributed by atoms with van der Waals surface area (Å²) in [5.74, 6) is -0.117. The van der Waals surface area contributed by atoms with Crippen molar-refractivity contribution in [3.05, 3.63) is 64.2 Å². The van der Waals surface area contributed by atoms with E-state index in [1.807, 2.05) is 12.1 Å². The molecule has 0 saturated carbocycles. The Morgan fingerprint density at radius 1 is 1.10 bits per heavy atom. The van der Waals surface area contributed by atoms with E-state index in [1.165, 1.54) is 0 Å². The Bertz CT molecular complexity index is 937. The van der Waals surface area contributed by atoms with Crippen LogP contribution in [0.2, 0.25) is 5.02 Å². The van der Waals surface area contributed by atoms with Crippen molar-refractivity contribution < 1.29 is 24.3 Å². The van der Waals surface area contributed by atoms with E-state index in [9.17, 15) is 9.59 Å². The first kappa shape index (κ1) is 23.2. The van der Waals surface area contributed by atoms with E-state index in [-0.39, 0.29) is 37.7 Å². The predicted octanol–water partition coefficient (Wildman–Crippen LogP) is 2.96. The van der Waals surface area contributed by atoms with Gasteiger partial charge in [0.15, 0.2) is 0 Å². The van der Waals surface area contributed by atoms with Gasteiger partial charge < -0.3 is 19.3 Å². The molecule has 2 aromatic carbocycles. The summed E-state index contributed by atoms with van der Waals surface area (Å²) in [6, 6.07) is 11.8. The second-order valence-electron chi connectivity index (χ2n) is 7.15. The zero-order valence-electron chi connectivity index (χ0n) is 16.7. The van der Waals surface area contributed by atoms with E-state index in [2.05, 4.69) is 0 Å². The predicted molar refractivity (Wildman–Crippen MR) is 119 cm³/mol. The number of fused-ring (bicyclic) bond motifs is 1. The van der Waals surface area contributed by atoms with Gasteiger partial charge in [-0.15, -0.1) is 0 Å². The number of benzene rings is 2. The molecular weight excluding hydrogens is 442 g/mol. The largest absolute Gasteiger partial charge is 0.491 e. The van der Waals surface area contributed by atoms with E-state index in [4.69, 9.17) is 26.3 Å². The topological polar surface area (TPSA) is 91.3 Å². The van der Waals surface area contributed by atoms with Crippen LogP contribution in [-0.4, -0.2) is 59.9 Å². The molecule has 1 saturated heterocycles. The van der Waals surface area contributed by atoms with Crippen LogP contribution in [0.3, 0.4) is 0 Å². The molecule has 1 fully saturated rings. The molecule has 2 N–H and O–H groups in total. The fourth-order valence-electron chi connectivity index (χ4n) is 3.68. The molecule has 0 unspecified atom stereocenters. The van der Waals surface area contributed by atoms with Gasteiger partial charge in [0.25, 0.3) is 5.91 Å². The minimum Gasteiger partial charge on any atom is -0.491 e. The van der Waals surface area contributed by atoms with Crippen LogP contribution in [0.15, 0.2) is 42.5 Å². The Morgan fingerprint density at radius 2 is 1.81 bits per heavy atom. The molecule has 166 valence electrons. The van der Waals surface area contributed by atoms with Crippen molar-refractivity contribution in [3.63, 3.8) is 0 Å². The van der Waals surface area contributed by atoms with Crippen LogP contribution in [0.25, 0.3) is 0 Å². The van der Waals surface area contributed by atoms with Crippen molar-refractivity contribution in [2.45, 2.75) is 12.6 Å². The highest BCUT2D eigenvalue weighted by Gasteiger charge is 2.33. The Labute approximate surface area is 192 Å². The summed E-state index contributed by atoms with van der Waals surface area (Å²) in [5, 5.41) is 9.51. The first-order chi connectivity index (χ1) is 14.6. The molecule has 31 heavy (non-hydrogen) atoms. The van der Waals surface area contributed by atoms with Crippen LogP contribution in [0.5, 0.6) is 5.75 Å². The Kier molecular flexibility index (Phi) is 7.66. The average Bonchev–Trinajstić information content (AvgIpc) is 2.98. The van der Waals surface area contributed by atoms with Crippen LogP contribution in [0.4, 0.5) is 4.79 Å². The second-order valence-corrected chi connectivity index (χ2v) is 7.59. The normalized spacial score (nSPS) is 18.2. The summed E-state index contributed by atoms with van der Waals surface area (Å²) < 4.78 is 11.4. The highest BCUT2D eigenvalue weighted by molar-refractivity contribution is 7.59. The summed E-state index contributed by atoms with van der Waals surface area (Å²) in [6.07, 6.45) is 0. The Balaban J connectivity index is 0.00000272. The van der Waals surface area contributed by atoms with Crippen LogP contribution in [-0.2, 0) is 11.3 Å². The number of nitrogens with one attached hydrogen (secondary N) is 1. The molecule has 2 aliphatic heterocycles. The van der Waals surface area contributed by atoms with E-state index in [0.29, 0.717) is 43.6 Å². The first-order valence-electron chi connectivity index (χ1n) is 9.65. The standard InChI is InChI=1S/C21H22ClN3O5.H2S/c22-17-5-3-14(4-6-17)18-13-30-19-11-15(20(26)23-28)1-2-16(19)12-25(18)21(27)24-7-9-29-10-8-24;/h1-6,11,18,28H,7-10,12-13H2,(H,23,26);1H2/t18-;/m1./s1. The number of rotatable bonds is 2. The SMILES string of the molecule is O=C(NO)c1ccc2c(c1)OC[C@H](c1ccc(Cl)cc1)N(C(=O)N1CCOCC1)C2.S. The number of hydrogen-bond acceptors (Lipinski definition) is 5. The summed E-state index contributed by atoms with van der Waals surface area (Å²) in [4.78, 5) is 28.7. The number of carbonyl (C=O) groups excluding carboxylic acids is 2. The quantitative estimate of drug-likeness (QED) is 0.525.